The number of fused-ring (bicyclic) bond motifs is 1. The van der Waals surface area contributed by atoms with Crippen LogP contribution in [0, 0.1) is 0 Å². The van der Waals surface area contributed by atoms with Gasteiger partial charge in [-0.1, -0.05) is 36.4 Å². The summed E-state index contributed by atoms with van der Waals surface area (Å²) in [6.07, 6.45) is 3.19. The average Bonchev–Trinajstić information content (AvgIpc) is 2.95. The van der Waals surface area contributed by atoms with Crippen molar-refractivity contribution in [2.45, 2.75) is 38.9 Å². The molecule has 1 atom stereocenters. The van der Waals surface area contributed by atoms with E-state index in [4.69, 9.17) is 9.47 Å². The first-order chi connectivity index (χ1) is 16.3. The summed E-state index contributed by atoms with van der Waals surface area (Å²) in [6.45, 7) is 5.82. The number of carbonyl (C=O) groups is 2. The first-order valence-corrected chi connectivity index (χ1v) is 11.2. The summed E-state index contributed by atoms with van der Waals surface area (Å²) in [4.78, 5) is 32.6. The molecule has 0 bridgehead atoms. The molecule has 34 heavy (non-hydrogen) atoms. The van der Waals surface area contributed by atoms with E-state index in [9.17, 15) is 9.59 Å². The van der Waals surface area contributed by atoms with Crippen LogP contribution in [0.1, 0.15) is 37.9 Å². The van der Waals surface area contributed by atoms with Gasteiger partial charge in [0.25, 0.3) is 5.91 Å². The summed E-state index contributed by atoms with van der Waals surface area (Å²) in [7, 11) is 1.63. The minimum atomic E-state index is -0.873. The van der Waals surface area contributed by atoms with Gasteiger partial charge in [-0.25, -0.2) is 0 Å². The van der Waals surface area contributed by atoms with Gasteiger partial charge in [-0.2, -0.15) is 0 Å². The van der Waals surface area contributed by atoms with Crippen molar-refractivity contribution in [1.82, 2.24) is 15.2 Å². The largest absolute Gasteiger partial charge is 0.497 e. The third kappa shape index (κ3) is 5.03. The SMILES string of the molecule is COc1ccc(-c2ccccc2CN2C(=O)COc3ccncc3C2C(=O)NC(C)(C)C)cc1. The Balaban J connectivity index is 1.76. The van der Waals surface area contributed by atoms with Crippen molar-refractivity contribution >= 4 is 11.8 Å². The number of aromatic nitrogens is 1. The Morgan fingerprint density at radius 1 is 1.15 bits per heavy atom. The lowest BCUT2D eigenvalue weighted by Gasteiger charge is -2.32. The highest BCUT2D eigenvalue weighted by Gasteiger charge is 2.38. The Morgan fingerprint density at radius 3 is 2.59 bits per heavy atom. The van der Waals surface area contributed by atoms with Crippen LogP contribution in [0.5, 0.6) is 11.5 Å². The van der Waals surface area contributed by atoms with Gasteiger partial charge in [0.2, 0.25) is 5.91 Å². The lowest BCUT2D eigenvalue weighted by atomic mass is 9.97. The number of benzene rings is 2. The van der Waals surface area contributed by atoms with Crippen LogP contribution >= 0.6 is 0 Å². The summed E-state index contributed by atoms with van der Waals surface area (Å²) in [5, 5.41) is 3.02. The Hall–Kier alpha value is -3.87. The van der Waals surface area contributed by atoms with Crippen LogP contribution in [0.3, 0.4) is 0 Å². The Bertz CT molecular complexity index is 1180. The van der Waals surface area contributed by atoms with Crippen molar-refractivity contribution in [3.63, 3.8) is 0 Å². The normalized spacial score (nSPS) is 15.7. The molecule has 3 aromatic rings. The fraction of sp³-hybridized carbons (Fsp3) is 0.296. The summed E-state index contributed by atoms with van der Waals surface area (Å²) in [5.74, 6) is 0.713. The molecule has 1 unspecified atom stereocenters. The Kier molecular flexibility index (Phi) is 6.54. The second kappa shape index (κ2) is 9.55. The Morgan fingerprint density at radius 2 is 1.88 bits per heavy atom. The molecule has 1 aliphatic rings. The van der Waals surface area contributed by atoms with E-state index in [1.54, 1.807) is 30.5 Å². The van der Waals surface area contributed by atoms with Crippen LogP contribution in [0.2, 0.25) is 0 Å². The molecule has 176 valence electrons. The van der Waals surface area contributed by atoms with Gasteiger partial charge in [0, 0.05) is 30.0 Å². The van der Waals surface area contributed by atoms with E-state index >= 15 is 0 Å². The van der Waals surface area contributed by atoms with Crippen LogP contribution < -0.4 is 14.8 Å². The van der Waals surface area contributed by atoms with Crippen molar-refractivity contribution in [3.8, 4) is 22.6 Å². The quantitative estimate of drug-likeness (QED) is 0.620. The van der Waals surface area contributed by atoms with Crippen molar-refractivity contribution in [2.75, 3.05) is 13.7 Å². The summed E-state index contributed by atoms with van der Waals surface area (Å²) in [5.41, 5.74) is 2.98. The maximum atomic E-state index is 13.5. The van der Waals surface area contributed by atoms with Gasteiger partial charge in [0.15, 0.2) is 6.61 Å². The van der Waals surface area contributed by atoms with E-state index in [1.165, 1.54) is 0 Å². The molecule has 1 N–H and O–H groups in total. The number of rotatable bonds is 5. The minimum Gasteiger partial charge on any atom is -0.497 e. The van der Waals surface area contributed by atoms with Crippen molar-refractivity contribution in [3.05, 3.63) is 78.1 Å². The topological polar surface area (TPSA) is 80.8 Å². The van der Waals surface area contributed by atoms with E-state index in [0.717, 1.165) is 22.4 Å². The van der Waals surface area contributed by atoms with Gasteiger partial charge < -0.3 is 19.7 Å². The van der Waals surface area contributed by atoms with E-state index in [0.29, 0.717) is 11.3 Å². The minimum absolute atomic E-state index is 0.152. The van der Waals surface area contributed by atoms with E-state index in [1.807, 2.05) is 69.3 Å². The fourth-order valence-electron chi connectivity index (χ4n) is 4.06. The highest BCUT2D eigenvalue weighted by molar-refractivity contribution is 5.91. The van der Waals surface area contributed by atoms with Crippen LogP contribution in [0.4, 0.5) is 0 Å². The third-order valence-corrected chi connectivity index (χ3v) is 5.59. The van der Waals surface area contributed by atoms with Gasteiger partial charge >= 0.3 is 0 Å². The molecule has 4 rings (SSSR count). The van der Waals surface area contributed by atoms with Crippen LogP contribution in [-0.4, -0.2) is 41.0 Å². The number of hydrogen-bond acceptors (Lipinski definition) is 5. The monoisotopic (exact) mass is 459 g/mol. The summed E-state index contributed by atoms with van der Waals surface area (Å²) < 4.78 is 11.0. The molecule has 2 heterocycles. The summed E-state index contributed by atoms with van der Waals surface area (Å²) in [6, 6.07) is 16.5. The molecule has 0 spiro atoms. The molecule has 1 aromatic heterocycles. The van der Waals surface area contributed by atoms with E-state index in [-0.39, 0.29) is 25.0 Å². The second-order valence-electron chi connectivity index (χ2n) is 9.25. The molecule has 0 radical (unpaired) electrons. The molecule has 7 heteroatoms. The van der Waals surface area contributed by atoms with Crippen LogP contribution in [-0.2, 0) is 16.1 Å². The first-order valence-electron chi connectivity index (χ1n) is 11.2. The molecule has 0 saturated heterocycles. The van der Waals surface area contributed by atoms with Gasteiger partial charge in [0.05, 0.1) is 7.11 Å². The van der Waals surface area contributed by atoms with Gasteiger partial charge in [-0.15, -0.1) is 0 Å². The second-order valence-corrected chi connectivity index (χ2v) is 9.25. The van der Waals surface area contributed by atoms with E-state index in [2.05, 4.69) is 10.3 Å². The number of amides is 2. The molecule has 2 aromatic carbocycles. The number of methoxy groups -OCH3 is 1. The smallest absolute Gasteiger partial charge is 0.261 e. The lowest BCUT2D eigenvalue weighted by molar-refractivity contribution is -0.142. The number of carbonyl (C=O) groups excluding carboxylic acids is 2. The maximum absolute atomic E-state index is 13.5. The maximum Gasteiger partial charge on any atom is 0.261 e. The third-order valence-electron chi connectivity index (χ3n) is 5.59. The zero-order chi connectivity index (χ0) is 24.3. The van der Waals surface area contributed by atoms with Gasteiger partial charge in [0.1, 0.15) is 17.5 Å². The van der Waals surface area contributed by atoms with Gasteiger partial charge in [-0.3, -0.25) is 14.6 Å². The number of nitrogens with zero attached hydrogens (tertiary/aromatic N) is 2. The van der Waals surface area contributed by atoms with Crippen molar-refractivity contribution in [2.24, 2.45) is 0 Å². The van der Waals surface area contributed by atoms with Crippen LogP contribution in [0.15, 0.2) is 67.0 Å². The number of nitrogens with one attached hydrogen (secondary N) is 1. The zero-order valence-corrected chi connectivity index (χ0v) is 19.9. The number of hydrogen-bond donors (Lipinski definition) is 1. The summed E-state index contributed by atoms with van der Waals surface area (Å²) >= 11 is 0. The number of pyridine rings is 1. The standard InChI is InChI=1S/C27H29N3O4/c1-27(2,3)29-26(32)25-22-15-28-14-13-23(22)34-17-24(31)30(25)16-19-7-5-6-8-21(19)18-9-11-20(33-4)12-10-18/h5-15,25H,16-17H2,1-4H3,(H,29,32). The molecular formula is C27H29N3O4. The molecule has 0 saturated carbocycles. The molecular weight excluding hydrogens is 430 g/mol. The molecule has 0 aliphatic carbocycles. The van der Waals surface area contributed by atoms with Crippen LogP contribution in [0.25, 0.3) is 11.1 Å². The van der Waals surface area contributed by atoms with Crippen molar-refractivity contribution in [1.29, 1.82) is 0 Å². The van der Waals surface area contributed by atoms with Gasteiger partial charge in [-0.05, 0) is 55.7 Å². The average molecular weight is 460 g/mol. The molecule has 1 aliphatic heterocycles. The predicted octanol–water partition coefficient (Wildman–Crippen LogP) is 4.13. The molecule has 2 amide bonds. The van der Waals surface area contributed by atoms with Crippen molar-refractivity contribution < 1.29 is 19.1 Å². The number of ether oxygens (including phenoxy) is 2. The Labute approximate surface area is 199 Å². The van der Waals surface area contributed by atoms with E-state index < -0.39 is 11.6 Å². The molecule has 7 nitrogen and oxygen atoms in total. The predicted molar refractivity (Wildman–Crippen MR) is 129 cm³/mol. The zero-order valence-electron chi connectivity index (χ0n) is 19.9. The lowest BCUT2D eigenvalue weighted by Crippen LogP contribution is -2.49. The fourth-order valence-corrected chi connectivity index (χ4v) is 4.06. The molecule has 0 fully saturated rings. The highest BCUT2D eigenvalue weighted by Crippen LogP contribution is 2.35. The highest BCUT2D eigenvalue weighted by atomic mass is 16.5. The first kappa shape index (κ1) is 23.3.